The lowest BCUT2D eigenvalue weighted by Gasteiger charge is -2.04. The highest BCUT2D eigenvalue weighted by atomic mass is 16.1. The van der Waals surface area contributed by atoms with Crippen LogP contribution in [0.2, 0.25) is 0 Å². The van der Waals surface area contributed by atoms with Gasteiger partial charge in [0.15, 0.2) is 0 Å². The van der Waals surface area contributed by atoms with Crippen molar-refractivity contribution in [1.82, 2.24) is 20.8 Å². The molecule has 1 heterocycles. The summed E-state index contributed by atoms with van der Waals surface area (Å²) in [5.41, 5.74) is 0.834. The van der Waals surface area contributed by atoms with E-state index in [0.717, 1.165) is 18.7 Å². The minimum Gasteiger partial charge on any atom is -0.355 e. The van der Waals surface area contributed by atoms with Gasteiger partial charge in [-0.05, 0) is 18.6 Å². The predicted molar refractivity (Wildman–Crippen MR) is 57.0 cm³/mol. The summed E-state index contributed by atoms with van der Waals surface area (Å²) in [7, 11) is 0. The van der Waals surface area contributed by atoms with Crippen LogP contribution in [0.25, 0.3) is 0 Å². The molecule has 82 valence electrons. The third-order valence-corrected chi connectivity index (χ3v) is 1.79. The Bertz CT molecular complexity index is 289. The number of nitrogens with zero attached hydrogens (tertiary/aromatic N) is 2. The molecular weight excluding hydrogens is 192 g/mol. The Morgan fingerprint density at radius 2 is 2.40 bits per heavy atom. The highest BCUT2D eigenvalue weighted by Gasteiger charge is 1.99. The first-order chi connectivity index (χ1) is 7.33. The normalized spacial score (nSPS) is 9.93. The predicted octanol–water partition coefficient (Wildman–Crippen LogP) is 0.0924. The van der Waals surface area contributed by atoms with Crippen molar-refractivity contribution >= 4 is 5.91 Å². The first-order valence-electron chi connectivity index (χ1n) is 5.07. The van der Waals surface area contributed by atoms with E-state index in [0.29, 0.717) is 13.1 Å². The van der Waals surface area contributed by atoms with Crippen molar-refractivity contribution in [2.45, 2.75) is 19.9 Å². The summed E-state index contributed by atoms with van der Waals surface area (Å²) in [4.78, 5) is 11.2. The van der Waals surface area contributed by atoms with Gasteiger partial charge in [-0.25, -0.2) is 0 Å². The average molecular weight is 208 g/mol. The maximum absolute atomic E-state index is 11.2. The van der Waals surface area contributed by atoms with Gasteiger partial charge in [0.25, 0.3) is 0 Å². The van der Waals surface area contributed by atoms with Crippen molar-refractivity contribution in [2.75, 3.05) is 13.1 Å². The molecule has 0 unspecified atom stereocenters. The van der Waals surface area contributed by atoms with E-state index in [1.54, 1.807) is 6.20 Å². The van der Waals surface area contributed by atoms with Crippen LogP contribution in [0.3, 0.4) is 0 Å². The molecule has 1 aromatic heterocycles. The van der Waals surface area contributed by atoms with Crippen LogP contribution in [-0.2, 0) is 11.3 Å². The Balaban J connectivity index is 2.14. The van der Waals surface area contributed by atoms with Gasteiger partial charge in [-0.15, -0.1) is 0 Å². The summed E-state index contributed by atoms with van der Waals surface area (Å²) in [6.07, 6.45) is 2.58. The van der Waals surface area contributed by atoms with E-state index < -0.39 is 0 Å². The van der Waals surface area contributed by atoms with Crippen molar-refractivity contribution < 1.29 is 4.79 Å². The van der Waals surface area contributed by atoms with Crippen LogP contribution < -0.4 is 10.6 Å². The lowest BCUT2D eigenvalue weighted by atomic mass is 10.4. The van der Waals surface area contributed by atoms with Crippen LogP contribution in [0.5, 0.6) is 0 Å². The molecule has 0 aliphatic carbocycles. The molecule has 0 aliphatic rings. The smallest absolute Gasteiger partial charge is 0.233 e. The molecule has 0 fully saturated rings. The fourth-order valence-corrected chi connectivity index (χ4v) is 1.06. The number of rotatable bonds is 6. The third kappa shape index (κ3) is 5.07. The molecule has 1 rings (SSSR count). The maximum Gasteiger partial charge on any atom is 0.233 e. The summed E-state index contributed by atoms with van der Waals surface area (Å²) in [5.74, 6) is 0.0146. The third-order valence-electron chi connectivity index (χ3n) is 1.79. The molecular formula is C10H16N4O. The van der Waals surface area contributed by atoms with Crippen molar-refractivity contribution in [3.8, 4) is 0 Å². The summed E-state index contributed by atoms with van der Waals surface area (Å²) >= 11 is 0. The molecule has 0 spiro atoms. The van der Waals surface area contributed by atoms with Gasteiger partial charge in [0.05, 0.1) is 12.2 Å². The fourth-order valence-electron chi connectivity index (χ4n) is 1.06. The molecule has 5 nitrogen and oxygen atoms in total. The zero-order valence-electron chi connectivity index (χ0n) is 8.86. The minimum absolute atomic E-state index is 0.0146. The van der Waals surface area contributed by atoms with Gasteiger partial charge in [0.2, 0.25) is 5.91 Å². The number of aromatic nitrogens is 2. The number of carbonyl (C=O) groups excluding carboxylic acids is 1. The van der Waals surface area contributed by atoms with Crippen LogP contribution in [0.4, 0.5) is 0 Å². The summed E-state index contributed by atoms with van der Waals surface area (Å²) in [5, 5.41) is 13.4. The SMILES string of the molecule is CCCNC(=O)CNCc1cccnn1. The van der Waals surface area contributed by atoms with Crippen LogP contribution in [0.1, 0.15) is 19.0 Å². The Morgan fingerprint density at radius 1 is 1.53 bits per heavy atom. The highest BCUT2D eigenvalue weighted by Crippen LogP contribution is 1.88. The van der Waals surface area contributed by atoms with Crippen molar-refractivity contribution in [3.05, 3.63) is 24.0 Å². The van der Waals surface area contributed by atoms with E-state index >= 15 is 0 Å². The molecule has 0 atom stereocenters. The molecule has 0 aromatic carbocycles. The van der Waals surface area contributed by atoms with Crippen LogP contribution in [0.15, 0.2) is 18.3 Å². The van der Waals surface area contributed by atoms with E-state index in [9.17, 15) is 4.79 Å². The van der Waals surface area contributed by atoms with E-state index in [1.807, 2.05) is 19.1 Å². The number of carbonyl (C=O) groups is 1. The molecule has 0 aliphatic heterocycles. The standard InChI is InChI=1S/C10H16N4O/c1-2-5-12-10(15)8-11-7-9-4-3-6-13-14-9/h3-4,6,11H,2,5,7-8H2,1H3,(H,12,15). The zero-order chi connectivity index (χ0) is 10.9. The minimum atomic E-state index is 0.0146. The van der Waals surface area contributed by atoms with E-state index in [4.69, 9.17) is 0 Å². The topological polar surface area (TPSA) is 66.9 Å². The largest absolute Gasteiger partial charge is 0.355 e. The summed E-state index contributed by atoms with van der Waals surface area (Å²) in [6.45, 7) is 3.63. The molecule has 1 amide bonds. The van der Waals surface area contributed by atoms with Gasteiger partial charge in [-0.1, -0.05) is 6.92 Å². The first-order valence-corrected chi connectivity index (χ1v) is 5.07. The Labute approximate surface area is 89.3 Å². The van der Waals surface area contributed by atoms with Crippen molar-refractivity contribution in [2.24, 2.45) is 0 Å². The monoisotopic (exact) mass is 208 g/mol. The second kappa shape index (κ2) is 6.89. The van der Waals surface area contributed by atoms with Gasteiger partial charge in [0.1, 0.15) is 0 Å². The second-order valence-electron chi connectivity index (χ2n) is 3.17. The molecule has 0 bridgehead atoms. The molecule has 15 heavy (non-hydrogen) atoms. The number of nitrogens with one attached hydrogen (secondary N) is 2. The number of hydrogen-bond donors (Lipinski definition) is 2. The van der Waals surface area contributed by atoms with Gasteiger partial charge >= 0.3 is 0 Å². The average Bonchev–Trinajstić information content (AvgIpc) is 2.28. The Kier molecular flexibility index (Phi) is 5.32. The lowest BCUT2D eigenvalue weighted by molar-refractivity contribution is -0.120. The molecule has 0 saturated carbocycles. The van der Waals surface area contributed by atoms with Crippen LogP contribution in [0, 0.1) is 0 Å². The maximum atomic E-state index is 11.2. The Hall–Kier alpha value is -1.49. The van der Waals surface area contributed by atoms with E-state index in [1.165, 1.54) is 0 Å². The molecule has 0 saturated heterocycles. The fraction of sp³-hybridized carbons (Fsp3) is 0.500. The summed E-state index contributed by atoms with van der Waals surface area (Å²) < 4.78 is 0. The number of hydrogen-bond acceptors (Lipinski definition) is 4. The van der Waals surface area contributed by atoms with Crippen molar-refractivity contribution in [1.29, 1.82) is 0 Å². The van der Waals surface area contributed by atoms with Crippen molar-refractivity contribution in [3.63, 3.8) is 0 Å². The van der Waals surface area contributed by atoms with E-state index in [-0.39, 0.29) is 5.91 Å². The highest BCUT2D eigenvalue weighted by molar-refractivity contribution is 5.77. The Morgan fingerprint density at radius 3 is 3.07 bits per heavy atom. The second-order valence-corrected chi connectivity index (χ2v) is 3.17. The zero-order valence-corrected chi connectivity index (χ0v) is 8.86. The van der Waals surface area contributed by atoms with Gasteiger partial charge in [-0.2, -0.15) is 10.2 Å². The summed E-state index contributed by atoms with van der Waals surface area (Å²) in [6, 6.07) is 3.69. The van der Waals surface area contributed by atoms with Gasteiger partial charge < -0.3 is 10.6 Å². The van der Waals surface area contributed by atoms with Gasteiger partial charge in [0, 0.05) is 19.3 Å². The van der Waals surface area contributed by atoms with Crippen LogP contribution in [-0.4, -0.2) is 29.2 Å². The lowest BCUT2D eigenvalue weighted by Crippen LogP contribution is -2.34. The first kappa shape index (κ1) is 11.6. The molecule has 0 radical (unpaired) electrons. The van der Waals surface area contributed by atoms with Crippen LogP contribution >= 0.6 is 0 Å². The number of amides is 1. The molecule has 2 N–H and O–H groups in total. The van der Waals surface area contributed by atoms with E-state index in [2.05, 4.69) is 20.8 Å². The quantitative estimate of drug-likeness (QED) is 0.695. The molecule has 5 heteroatoms. The van der Waals surface area contributed by atoms with Gasteiger partial charge in [-0.3, -0.25) is 4.79 Å². The molecule has 1 aromatic rings.